The Morgan fingerprint density at radius 3 is 2.62 bits per heavy atom. The van der Waals surface area contributed by atoms with Gasteiger partial charge in [0.1, 0.15) is 5.82 Å². The van der Waals surface area contributed by atoms with Crippen LogP contribution in [0.2, 0.25) is 0 Å². The van der Waals surface area contributed by atoms with Crippen molar-refractivity contribution >= 4 is 0 Å². The third-order valence-electron chi connectivity index (χ3n) is 3.69. The quantitative estimate of drug-likeness (QED) is 0.880. The molecule has 1 heterocycles. The largest absolute Gasteiger partial charge is 0.305 e. The predicted octanol–water partition coefficient (Wildman–Crippen LogP) is 3.61. The lowest BCUT2D eigenvalue weighted by molar-refractivity contribution is 0.514. The van der Waals surface area contributed by atoms with Gasteiger partial charge in [0.25, 0.3) is 0 Å². The van der Waals surface area contributed by atoms with Crippen LogP contribution < -0.4 is 5.32 Å². The minimum absolute atomic E-state index is 0.164. The van der Waals surface area contributed by atoms with Crippen LogP contribution in [-0.4, -0.2) is 16.3 Å². The minimum Gasteiger partial charge on any atom is -0.305 e. The van der Waals surface area contributed by atoms with Crippen molar-refractivity contribution in [1.82, 2.24) is 15.1 Å². The van der Waals surface area contributed by atoms with Gasteiger partial charge in [-0.2, -0.15) is 5.10 Å². The molecule has 0 saturated heterocycles. The van der Waals surface area contributed by atoms with Crippen LogP contribution in [0.5, 0.6) is 0 Å². The molecule has 4 heteroatoms. The Labute approximate surface area is 126 Å². The third-order valence-corrected chi connectivity index (χ3v) is 3.69. The second kappa shape index (κ2) is 6.85. The number of rotatable bonds is 6. The second-order valence-electron chi connectivity index (χ2n) is 5.25. The van der Waals surface area contributed by atoms with Crippen LogP contribution in [0.3, 0.4) is 0 Å². The highest BCUT2D eigenvalue weighted by atomic mass is 19.1. The second-order valence-corrected chi connectivity index (χ2v) is 5.25. The Hall–Kier alpha value is -1.68. The van der Waals surface area contributed by atoms with Gasteiger partial charge in [0.2, 0.25) is 0 Å². The van der Waals surface area contributed by atoms with Gasteiger partial charge >= 0.3 is 0 Å². The van der Waals surface area contributed by atoms with Gasteiger partial charge in [-0.05, 0) is 38.9 Å². The lowest BCUT2D eigenvalue weighted by Crippen LogP contribution is -2.25. The monoisotopic (exact) mass is 289 g/mol. The number of aromatic nitrogens is 2. The summed E-state index contributed by atoms with van der Waals surface area (Å²) in [7, 11) is 0. The van der Waals surface area contributed by atoms with E-state index < -0.39 is 0 Å². The number of aryl methyl sites for hydroxylation is 3. The van der Waals surface area contributed by atoms with Crippen molar-refractivity contribution in [2.75, 3.05) is 6.54 Å². The number of nitrogens with zero attached hydrogens (tertiary/aromatic N) is 2. The minimum atomic E-state index is -0.173. The van der Waals surface area contributed by atoms with E-state index in [-0.39, 0.29) is 11.9 Å². The van der Waals surface area contributed by atoms with Crippen molar-refractivity contribution in [1.29, 1.82) is 0 Å². The average Bonchev–Trinajstić information content (AvgIpc) is 2.90. The van der Waals surface area contributed by atoms with E-state index in [2.05, 4.69) is 30.3 Å². The summed E-state index contributed by atoms with van der Waals surface area (Å²) >= 11 is 0. The molecule has 1 atom stereocenters. The Balaban J connectivity index is 2.52. The maximum Gasteiger partial charge on any atom is 0.128 e. The topological polar surface area (TPSA) is 29.9 Å². The van der Waals surface area contributed by atoms with Gasteiger partial charge in [-0.15, -0.1) is 0 Å². The molecule has 1 N–H and O–H groups in total. The zero-order chi connectivity index (χ0) is 15.4. The summed E-state index contributed by atoms with van der Waals surface area (Å²) in [6.45, 7) is 9.72. The van der Waals surface area contributed by atoms with Crippen molar-refractivity contribution < 1.29 is 4.39 Å². The molecule has 2 aromatic rings. The number of nitrogens with one attached hydrogen (secondary N) is 1. The fourth-order valence-electron chi connectivity index (χ4n) is 2.61. The molecule has 0 aliphatic rings. The molecule has 114 valence electrons. The third kappa shape index (κ3) is 3.32. The molecule has 0 bridgehead atoms. The summed E-state index contributed by atoms with van der Waals surface area (Å²) in [5, 5.41) is 7.98. The number of hydrogen-bond donors (Lipinski definition) is 1. The molecule has 1 unspecified atom stereocenters. The van der Waals surface area contributed by atoms with Crippen LogP contribution in [-0.2, 0) is 13.0 Å². The summed E-state index contributed by atoms with van der Waals surface area (Å²) in [4.78, 5) is 0. The number of hydrogen-bond acceptors (Lipinski definition) is 2. The molecular weight excluding hydrogens is 265 g/mol. The average molecular weight is 289 g/mol. The normalized spacial score (nSPS) is 12.6. The van der Waals surface area contributed by atoms with E-state index in [0.29, 0.717) is 5.56 Å². The maximum absolute atomic E-state index is 14.3. The molecule has 0 spiro atoms. The molecule has 0 radical (unpaired) electrons. The van der Waals surface area contributed by atoms with E-state index in [1.807, 2.05) is 24.6 Å². The highest BCUT2D eigenvalue weighted by Crippen LogP contribution is 2.26. The van der Waals surface area contributed by atoms with Gasteiger partial charge in [0.15, 0.2) is 0 Å². The Morgan fingerprint density at radius 2 is 2.00 bits per heavy atom. The van der Waals surface area contributed by atoms with Crippen LogP contribution >= 0.6 is 0 Å². The highest BCUT2D eigenvalue weighted by Gasteiger charge is 2.21. The number of halogens is 1. The van der Waals surface area contributed by atoms with Gasteiger partial charge in [-0.3, -0.25) is 4.68 Å². The standard InChI is InChI=1S/C17H24FN3/c1-5-13-11-16(21(7-3)20-13)17(19-6-2)14-10-12(4)8-9-15(14)18/h8-11,17,19H,5-7H2,1-4H3. The molecule has 3 nitrogen and oxygen atoms in total. The lowest BCUT2D eigenvalue weighted by Gasteiger charge is -2.20. The summed E-state index contributed by atoms with van der Waals surface area (Å²) in [5.74, 6) is -0.173. The zero-order valence-electron chi connectivity index (χ0n) is 13.3. The maximum atomic E-state index is 14.3. The highest BCUT2D eigenvalue weighted by molar-refractivity contribution is 5.33. The molecule has 2 rings (SSSR count). The Kier molecular flexibility index (Phi) is 5.12. The summed E-state index contributed by atoms with van der Waals surface area (Å²) in [6, 6.07) is 7.18. The first kappa shape index (κ1) is 15.7. The first-order chi connectivity index (χ1) is 10.1. The van der Waals surface area contributed by atoms with E-state index in [9.17, 15) is 4.39 Å². The molecule has 1 aromatic carbocycles. The van der Waals surface area contributed by atoms with Crippen molar-refractivity contribution in [3.63, 3.8) is 0 Å². The van der Waals surface area contributed by atoms with E-state index >= 15 is 0 Å². The Bertz CT molecular complexity index is 604. The molecule has 0 amide bonds. The van der Waals surface area contributed by atoms with Gasteiger partial charge in [-0.1, -0.05) is 31.5 Å². The first-order valence-electron chi connectivity index (χ1n) is 7.66. The Morgan fingerprint density at radius 1 is 1.24 bits per heavy atom. The zero-order valence-corrected chi connectivity index (χ0v) is 13.3. The molecule has 21 heavy (non-hydrogen) atoms. The van der Waals surface area contributed by atoms with Gasteiger partial charge in [-0.25, -0.2) is 4.39 Å². The summed E-state index contributed by atoms with van der Waals surface area (Å²) in [5.41, 5.74) is 3.82. The van der Waals surface area contributed by atoms with Gasteiger partial charge < -0.3 is 5.32 Å². The van der Waals surface area contributed by atoms with Crippen molar-refractivity contribution in [3.05, 3.63) is 52.6 Å². The van der Waals surface area contributed by atoms with E-state index in [1.165, 1.54) is 0 Å². The lowest BCUT2D eigenvalue weighted by atomic mass is 10.00. The SMILES string of the molecule is CCNC(c1cc(C)ccc1F)c1cc(CC)nn1CC. The van der Waals surface area contributed by atoms with Crippen LogP contribution in [0.4, 0.5) is 4.39 Å². The number of benzene rings is 1. The smallest absolute Gasteiger partial charge is 0.128 e. The molecule has 0 aliphatic carbocycles. The van der Waals surface area contributed by atoms with E-state index in [4.69, 9.17) is 0 Å². The van der Waals surface area contributed by atoms with E-state index in [1.54, 1.807) is 12.1 Å². The molecule has 0 aliphatic heterocycles. The fourth-order valence-corrected chi connectivity index (χ4v) is 2.61. The molecule has 1 aromatic heterocycles. The van der Waals surface area contributed by atoms with Crippen molar-refractivity contribution in [2.45, 2.75) is 46.7 Å². The van der Waals surface area contributed by atoms with Gasteiger partial charge in [0.05, 0.1) is 17.4 Å². The van der Waals surface area contributed by atoms with Crippen molar-refractivity contribution in [2.24, 2.45) is 0 Å². The first-order valence-corrected chi connectivity index (χ1v) is 7.66. The predicted molar refractivity (Wildman–Crippen MR) is 83.9 cm³/mol. The molecular formula is C17H24FN3. The molecule has 0 fully saturated rings. The molecule has 0 saturated carbocycles. The fraction of sp³-hybridized carbons (Fsp3) is 0.471. The van der Waals surface area contributed by atoms with Crippen LogP contribution in [0.15, 0.2) is 24.3 Å². The van der Waals surface area contributed by atoms with Crippen LogP contribution in [0, 0.1) is 12.7 Å². The van der Waals surface area contributed by atoms with E-state index in [0.717, 1.165) is 36.5 Å². The summed E-state index contributed by atoms with van der Waals surface area (Å²) < 4.78 is 16.2. The summed E-state index contributed by atoms with van der Waals surface area (Å²) in [6.07, 6.45) is 0.884. The van der Waals surface area contributed by atoms with Crippen molar-refractivity contribution in [3.8, 4) is 0 Å². The van der Waals surface area contributed by atoms with Gasteiger partial charge in [0, 0.05) is 12.1 Å². The van der Waals surface area contributed by atoms with Crippen LogP contribution in [0.1, 0.15) is 49.3 Å². The van der Waals surface area contributed by atoms with Crippen LogP contribution in [0.25, 0.3) is 0 Å².